The van der Waals surface area contributed by atoms with E-state index in [2.05, 4.69) is 5.32 Å². The Kier molecular flexibility index (Phi) is 5.61. The maximum absolute atomic E-state index is 12.0. The molecule has 0 bridgehead atoms. The molecular formula is C15H13ClN2OS2. The van der Waals surface area contributed by atoms with Crippen molar-refractivity contribution in [3.63, 3.8) is 0 Å². The minimum atomic E-state index is -0.133. The number of nitrogens with two attached hydrogens (primary N) is 1. The van der Waals surface area contributed by atoms with Crippen molar-refractivity contribution in [3.8, 4) is 0 Å². The van der Waals surface area contributed by atoms with E-state index in [4.69, 9.17) is 29.6 Å². The van der Waals surface area contributed by atoms with Crippen LogP contribution in [0.3, 0.4) is 0 Å². The first-order valence-corrected chi connectivity index (χ1v) is 7.90. The van der Waals surface area contributed by atoms with Crippen molar-refractivity contribution in [1.82, 2.24) is 0 Å². The van der Waals surface area contributed by atoms with Gasteiger partial charge in [-0.15, -0.1) is 11.8 Å². The predicted octanol–water partition coefficient (Wildman–Crippen LogP) is 3.71. The number of anilines is 1. The number of carbonyl (C=O) groups is 1. The van der Waals surface area contributed by atoms with E-state index in [0.29, 0.717) is 22.0 Å². The molecule has 2 rings (SSSR count). The highest BCUT2D eigenvalue weighted by Gasteiger charge is 2.08. The first-order valence-electron chi connectivity index (χ1n) is 6.13. The van der Waals surface area contributed by atoms with Crippen LogP contribution in [0.4, 0.5) is 5.69 Å². The molecule has 0 radical (unpaired) electrons. The minimum absolute atomic E-state index is 0.133. The van der Waals surface area contributed by atoms with Crippen molar-refractivity contribution in [2.24, 2.45) is 5.73 Å². The smallest absolute Gasteiger partial charge is 0.234 e. The Bertz CT molecular complexity index is 662. The van der Waals surface area contributed by atoms with Crippen molar-refractivity contribution in [2.45, 2.75) is 4.90 Å². The largest absolute Gasteiger partial charge is 0.389 e. The molecule has 108 valence electrons. The molecule has 0 unspecified atom stereocenters. The van der Waals surface area contributed by atoms with Crippen LogP contribution in [0, 0.1) is 0 Å². The summed E-state index contributed by atoms with van der Waals surface area (Å²) >= 11 is 12.4. The third-order valence-corrected chi connectivity index (χ3v) is 4.22. The van der Waals surface area contributed by atoms with Gasteiger partial charge in [0.2, 0.25) is 5.91 Å². The second-order valence-corrected chi connectivity index (χ2v) is 6.10. The third-order valence-electron chi connectivity index (χ3n) is 2.64. The summed E-state index contributed by atoms with van der Waals surface area (Å²) in [6.45, 7) is 0. The second-order valence-electron chi connectivity index (χ2n) is 4.21. The quantitative estimate of drug-likeness (QED) is 0.645. The summed E-state index contributed by atoms with van der Waals surface area (Å²) in [7, 11) is 0. The SMILES string of the molecule is NC(=S)c1ccc(Cl)c(NC(=O)CSc2ccccc2)c1. The van der Waals surface area contributed by atoms with Gasteiger partial charge in [0.05, 0.1) is 16.5 Å². The molecule has 21 heavy (non-hydrogen) atoms. The number of nitrogens with one attached hydrogen (secondary N) is 1. The van der Waals surface area contributed by atoms with Crippen LogP contribution in [0.5, 0.6) is 0 Å². The number of benzene rings is 2. The highest BCUT2D eigenvalue weighted by atomic mass is 35.5. The van der Waals surface area contributed by atoms with Gasteiger partial charge in [0.25, 0.3) is 0 Å². The maximum atomic E-state index is 12.0. The predicted molar refractivity (Wildman–Crippen MR) is 93.1 cm³/mol. The van der Waals surface area contributed by atoms with Crippen LogP contribution in [0.2, 0.25) is 5.02 Å². The zero-order chi connectivity index (χ0) is 15.2. The molecule has 0 spiro atoms. The van der Waals surface area contributed by atoms with Crippen molar-refractivity contribution in [3.05, 3.63) is 59.1 Å². The Morgan fingerprint density at radius 3 is 2.62 bits per heavy atom. The standard InChI is InChI=1S/C15H13ClN2OS2/c16-12-7-6-10(15(17)20)8-13(12)18-14(19)9-21-11-4-2-1-3-5-11/h1-8H,9H2,(H2,17,20)(H,18,19). The number of amides is 1. The lowest BCUT2D eigenvalue weighted by molar-refractivity contribution is -0.113. The molecular weight excluding hydrogens is 324 g/mol. The number of carbonyl (C=O) groups excluding carboxylic acids is 1. The molecule has 0 aliphatic carbocycles. The average Bonchev–Trinajstić information content (AvgIpc) is 2.48. The molecule has 6 heteroatoms. The normalized spacial score (nSPS) is 10.1. The number of thiocarbonyl (C=S) groups is 1. The highest BCUT2D eigenvalue weighted by Crippen LogP contribution is 2.24. The van der Waals surface area contributed by atoms with Gasteiger partial charge >= 0.3 is 0 Å². The Balaban J connectivity index is 1.99. The minimum Gasteiger partial charge on any atom is -0.389 e. The van der Waals surface area contributed by atoms with E-state index in [1.165, 1.54) is 11.8 Å². The van der Waals surface area contributed by atoms with Gasteiger partial charge < -0.3 is 11.1 Å². The summed E-state index contributed by atoms with van der Waals surface area (Å²) in [5.41, 5.74) is 6.75. The van der Waals surface area contributed by atoms with Gasteiger partial charge in [-0.3, -0.25) is 4.79 Å². The second kappa shape index (κ2) is 7.45. The van der Waals surface area contributed by atoms with E-state index in [0.717, 1.165) is 4.90 Å². The maximum Gasteiger partial charge on any atom is 0.234 e. The zero-order valence-corrected chi connectivity index (χ0v) is 13.4. The summed E-state index contributed by atoms with van der Waals surface area (Å²) in [6.07, 6.45) is 0. The monoisotopic (exact) mass is 336 g/mol. The Morgan fingerprint density at radius 1 is 1.24 bits per heavy atom. The van der Waals surface area contributed by atoms with Gasteiger partial charge in [0.1, 0.15) is 4.99 Å². The van der Waals surface area contributed by atoms with Crippen LogP contribution < -0.4 is 11.1 Å². The fourth-order valence-corrected chi connectivity index (χ4v) is 2.64. The number of thioether (sulfide) groups is 1. The van der Waals surface area contributed by atoms with Crippen molar-refractivity contribution >= 4 is 52.2 Å². The lowest BCUT2D eigenvalue weighted by atomic mass is 10.2. The number of hydrogen-bond donors (Lipinski definition) is 2. The van der Waals surface area contributed by atoms with Gasteiger partial charge in [-0.25, -0.2) is 0 Å². The molecule has 1 amide bonds. The lowest BCUT2D eigenvalue weighted by Gasteiger charge is -2.09. The van der Waals surface area contributed by atoms with Crippen molar-refractivity contribution < 1.29 is 4.79 Å². The van der Waals surface area contributed by atoms with Crippen LogP contribution in [0.1, 0.15) is 5.56 Å². The van der Waals surface area contributed by atoms with E-state index in [-0.39, 0.29) is 10.9 Å². The molecule has 0 saturated heterocycles. The Labute approximate surface area is 137 Å². The molecule has 0 aromatic heterocycles. The average molecular weight is 337 g/mol. The lowest BCUT2D eigenvalue weighted by Crippen LogP contribution is -2.15. The van der Waals surface area contributed by atoms with E-state index in [1.807, 2.05) is 30.3 Å². The number of halogens is 1. The molecule has 0 saturated carbocycles. The van der Waals surface area contributed by atoms with Gasteiger partial charge in [-0.1, -0.05) is 48.1 Å². The van der Waals surface area contributed by atoms with E-state index < -0.39 is 0 Å². The highest BCUT2D eigenvalue weighted by molar-refractivity contribution is 8.00. The molecule has 0 atom stereocenters. The van der Waals surface area contributed by atoms with E-state index in [1.54, 1.807) is 18.2 Å². The molecule has 0 aliphatic rings. The molecule has 0 fully saturated rings. The van der Waals surface area contributed by atoms with Gasteiger partial charge in [-0.2, -0.15) is 0 Å². The van der Waals surface area contributed by atoms with Gasteiger partial charge in [-0.05, 0) is 24.3 Å². The van der Waals surface area contributed by atoms with Crippen LogP contribution in [0.25, 0.3) is 0 Å². The zero-order valence-electron chi connectivity index (χ0n) is 11.0. The van der Waals surface area contributed by atoms with Gasteiger partial charge in [0.15, 0.2) is 0 Å². The first kappa shape index (κ1) is 15.8. The van der Waals surface area contributed by atoms with Crippen LogP contribution in [0.15, 0.2) is 53.4 Å². The summed E-state index contributed by atoms with van der Waals surface area (Å²) in [5, 5.41) is 3.22. The fourth-order valence-electron chi connectivity index (χ4n) is 1.63. The molecule has 0 aliphatic heterocycles. The first-order chi connectivity index (χ1) is 10.1. The topological polar surface area (TPSA) is 55.1 Å². The van der Waals surface area contributed by atoms with E-state index >= 15 is 0 Å². The summed E-state index contributed by atoms with van der Waals surface area (Å²) in [6, 6.07) is 14.8. The third kappa shape index (κ3) is 4.74. The fraction of sp³-hybridized carbons (Fsp3) is 0.0667. The van der Waals surface area contributed by atoms with Crippen molar-refractivity contribution in [1.29, 1.82) is 0 Å². The van der Waals surface area contributed by atoms with Crippen LogP contribution >= 0.6 is 35.6 Å². The van der Waals surface area contributed by atoms with Crippen molar-refractivity contribution in [2.75, 3.05) is 11.1 Å². The molecule has 3 N–H and O–H groups in total. The number of hydrogen-bond acceptors (Lipinski definition) is 3. The Hall–Kier alpha value is -1.56. The number of rotatable bonds is 5. The van der Waals surface area contributed by atoms with E-state index in [9.17, 15) is 4.79 Å². The summed E-state index contributed by atoms with van der Waals surface area (Å²) in [5.74, 6) is 0.170. The van der Waals surface area contributed by atoms with Crippen LogP contribution in [-0.4, -0.2) is 16.6 Å². The Morgan fingerprint density at radius 2 is 1.95 bits per heavy atom. The molecule has 3 nitrogen and oxygen atoms in total. The molecule has 0 heterocycles. The molecule has 2 aromatic carbocycles. The van der Waals surface area contributed by atoms with Crippen LogP contribution in [-0.2, 0) is 4.79 Å². The van der Waals surface area contributed by atoms with Gasteiger partial charge in [0, 0.05) is 10.5 Å². The summed E-state index contributed by atoms with van der Waals surface area (Å²) in [4.78, 5) is 13.3. The molecule has 2 aromatic rings. The summed E-state index contributed by atoms with van der Waals surface area (Å²) < 4.78 is 0.